The lowest BCUT2D eigenvalue weighted by Gasteiger charge is -2.17. The van der Waals surface area contributed by atoms with Crippen molar-refractivity contribution in [2.24, 2.45) is 5.41 Å². The van der Waals surface area contributed by atoms with Crippen LogP contribution < -0.4 is 5.32 Å². The summed E-state index contributed by atoms with van der Waals surface area (Å²) in [7, 11) is 0. The molecule has 0 aliphatic heterocycles. The van der Waals surface area contributed by atoms with Gasteiger partial charge in [0.05, 0.1) is 0 Å². The number of rotatable bonds is 5. The molecule has 24 heavy (non-hydrogen) atoms. The smallest absolute Gasteiger partial charge is 0.243 e. The van der Waals surface area contributed by atoms with Gasteiger partial charge in [0, 0.05) is 17.1 Å². The van der Waals surface area contributed by atoms with Gasteiger partial charge in [-0.3, -0.25) is 4.79 Å². The number of benzene rings is 2. The van der Waals surface area contributed by atoms with Crippen molar-refractivity contribution in [3.05, 3.63) is 70.7 Å². The van der Waals surface area contributed by atoms with E-state index in [1.54, 1.807) is 12.2 Å². The molecule has 0 radical (unpaired) electrons. The summed E-state index contributed by atoms with van der Waals surface area (Å²) in [4.78, 5) is 11.7. The minimum absolute atomic E-state index is 0.0522. The number of allylic oxidation sites excluding steroid dienone is 3. The average molecular weight is 386 g/mol. The second kappa shape index (κ2) is 8.29. The van der Waals surface area contributed by atoms with Crippen LogP contribution in [0, 0.1) is 5.41 Å². The van der Waals surface area contributed by atoms with Crippen molar-refractivity contribution >= 4 is 32.6 Å². The van der Waals surface area contributed by atoms with Gasteiger partial charge in [0.25, 0.3) is 0 Å². The Balaban J connectivity index is 1.94. The SMILES string of the molecule is CC(C)(C)CNC(=O)/C=C/C=C/Cc1cccc2c(Br)cccc12. The van der Waals surface area contributed by atoms with Crippen molar-refractivity contribution in [2.75, 3.05) is 6.54 Å². The van der Waals surface area contributed by atoms with E-state index >= 15 is 0 Å². The Morgan fingerprint density at radius 2 is 1.79 bits per heavy atom. The monoisotopic (exact) mass is 385 g/mol. The topological polar surface area (TPSA) is 29.1 Å². The normalized spacial score (nSPS) is 12.3. The molecule has 2 aromatic rings. The molecule has 0 fully saturated rings. The Labute approximate surface area is 152 Å². The highest BCUT2D eigenvalue weighted by molar-refractivity contribution is 9.10. The van der Waals surface area contributed by atoms with E-state index in [0.717, 1.165) is 10.9 Å². The van der Waals surface area contributed by atoms with E-state index in [9.17, 15) is 4.79 Å². The van der Waals surface area contributed by atoms with Crippen molar-refractivity contribution in [1.82, 2.24) is 5.32 Å². The van der Waals surface area contributed by atoms with Crippen molar-refractivity contribution < 1.29 is 4.79 Å². The van der Waals surface area contributed by atoms with E-state index in [1.807, 2.05) is 6.08 Å². The molecule has 0 aliphatic carbocycles. The van der Waals surface area contributed by atoms with Gasteiger partial charge in [-0.1, -0.05) is 85.3 Å². The molecule has 2 nitrogen and oxygen atoms in total. The molecule has 0 saturated carbocycles. The van der Waals surface area contributed by atoms with Gasteiger partial charge in [-0.25, -0.2) is 0 Å². The van der Waals surface area contributed by atoms with Crippen LogP contribution in [-0.2, 0) is 11.2 Å². The molecule has 1 amide bonds. The zero-order valence-electron chi connectivity index (χ0n) is 14.5. The van der Waals surface area contributed by atoms with Crippen molar-refractivity contribution in [3.63, 3.8) is 0 Å². The van der Waals surface area contributed by atoms with Gasteiger partial charge in [0.2, 0.25) is 5.91 Å². The molecular formula is C21H24BrNO. The summed E-state index contributed by atoms with van der Waals surface area (Å²) in [6.45, 7) is 6.96. The van der Waals surface area contributed by atoms with Crippen LogP contribution in [0.25, 0.3) is 10.8 Å². The first-order valence-corrected chi connectivity index (χ1v) is 8.93. The highest BCUT2D eigenvalue weighted by Gasteiger charge is 2.10. The second-order valence-electron chi connectivity index (χ2n) is 7.02. The lowest BCUT2D eigenvalue weighted by Crippen LogP contribution is -2.30. The summed E-state index contributed by atoms with van der Waals surface area (Å²) < 4.78 is 1.11. The summed E-state index contributed by atoms with van der Waals surface area (Å²) in [6, 6.07) is 12.6. The molecule has 0 heterocycles. The first-order valence-electron chi connectivity index (χ1n) is 8.14. The van der Waals surface area contributed by atoms with Crippen LogP contribution in [0.5, 0.6) is 0 Å². The van der Waals surface area contributed by atoms with Gasteiger partial charge in [-0.2, -0.15) is 0 Å². The van der Waals surface area contributed by atoms with Crippen LogP contribution in [-0.4, -0.2) is 12.5 Å². The number of nitrogens with one attached hydrogen (secondary N) is 1. The first kappa shape index (κ1) is 18.5. The van der Waals surface area contributed by atoms with Gasteiger partial charge in [-0.05, 0) is 34.2 Å². The molecule has 0 bridgehead atoms. The molecule has 0 unspecified atom stereocenters. The van der Waals surface area contributed by atoms with Gasteiger partial charge < -0.3 is 5.32 Å². The minimum atomic E-state index is -0.0522. The van der Waals surface area contributed by atoms with Crippen LogP contribution in [0.15, 0.2) is 65.2 Å². The fourth-order valence-corrected chi connectivity index (χ4v) is 2.84. The quantitative estimate of drug-likeness (QED) is 0.540. The second-order valence-corrected chi connectivity index (χ2v) is 7.88. The number of carbonyl (C=O) groups excluding carboxylic acids is 1. The standard InChI is InChI=1S/C21H24BrNO/c1-21(2,3)15-23-20(24)14-6-4-5-9-16-10-7-12-18-17(16)11-8-13-19(18)22/h4-8,10-14H,9,15H2,1-3H3,(H,23,24)/b5-4+,14-6+. The molecule has 2 aromatic carbocycles. The Hall–Kier alpha value is -1.87. The Morgan fingerprint density at radius 1 is 1.08 bits per heavy atom. The number of fused-ring (bicyclic) bond motifs is 1. The van der Waals surface area contributed by atoms with Gasteiger partial charge in [-0.15, -0.1) is 0 Å². The van der Waals surface area contributed by atoms with Crippen molar-refractivity contribution in [2.45, 2.75) is 27.2 Å². The number of amides is 1. The number of halogens is 1. The van der Waals surface area contributed by atoms with E-state index < -0.39 is 0 Å². The van der Waals surface area contributed by atoms with Crippen molar-refractivity contribution in [3.8, 4) is 0 Å². The molecule has 126 valence electrons. The van der Waals surface area contributed by atoms with E-state index in [1.165, 1.54) is 16.3 Å². The molecule has 0 saturated heterocycles. The third-order valence-corrected chi connectivity index (χ3v) is 4.28. The zero-order valence-corrected chi connectivity index (χ0v) is 16.1. The fraction of sp³-hybridized carbons (Fsp3) is 0.286. The van der Waals surface area contributed by atoms with Gasteiger partial charge in [0.1, 0.15) is 0 Å². The zero-order chi connectivity index (χ0) is 17.6. The van der Waals surface area contributed by atoms with Crippen molar-refractivity contribution in [1.29, 1.82) is 0 Å². The Morgan fingerprint density at radius 3 is 2.54 bits per heavy atom. The van der Waals surface area contributed by atoms with Gasteiger partial charge >= 0.3 is 0 Å². The van der Waals surface area contributed by atoms with Crippen LogP contribution in [0.3, 0.4) is 0 Å². The average Bonchev–Trinajstić information content (AvgIpc) is 2.53. The molecule has 0 aliphatic rings. The highest BCUT2D eigenvalue weighted by Crippen LogP contribution is 2.26. The lowest BCUT2D eigenvalue weighted by atomic mass is 9.97. The maximum Gasteiger partial charge on any atom is 0.243 e. The van der Waals surface area contributed by atoms with Crippen LogP contribution in [0.2, 0.25) is 0 Å². The van der Waals surface area contributed by atoms with E-state index in [4.69, 9.17) is 0 Å². The van der Waals surface area contributed by atoms with Crippen LogP contribution in [0.4, 0.5) is 0 Å². The molecule has 2 rings (SSSR count). The molecular weight excluding hydrogens is 362 g/mol. The van der Waals surface area contributed by atoms with Crippen LogP contribution in [0.1, 0.15) is 26.3 Å². The first-order chi connectivity index (χ1) is 11.4. The number of carbonyl (C=O) groups is 1. The predicted molar refractivity (Wildman–Crippen MR) is 106 cm³/mol. The fourth-order valence-electron chi connectivity index (χ4n) is 2.34. The molecule has 3 heteroatoms. The van der Waals surface area contributed by atoms with E-state index in [2.05, 4.69) is 84.5 Å². The summed E-state index contributed by atoms with van der Waals surface area (Å²) in [5, 5.41) is 5.37. The summed E-state index contributed by atoms with van der Waals surface area (Å²) in [5.41, 5.74) is 1.37. The number of hydrogen-bond donors (Lipinski definition) is 1. The number of hydrogen-bond acceptors (Lipinski definition) is 1. The molecule has 0 aromatic heterocycles. The minimum Gasteiger partial charge on any atom is -0.352 e. The summed E-state index contributed by atoms with van der Waals surface area (Å²) >= 11 is 3.59. The lowest BCUT2D eigenvalue weighted by molar-refractivity contribution is -0.116. The third kappa shape index (κ3) is 5.64. The summed E-state index contributed by atoms with van der Waals surface area (Å²) in [5.74, 6) is -0.0522. The molecule has 0 spiro atoms. The van der Waals surface area contributed by atoms with Gasteiger partial charge in [0.15, 0.2) is 0 Å². The highest BCUT2D eigenvalue weighted by atomic mass is 79.9. The third-order valence-electron chi connectivity index (χ3n) is 3.58. The van der Waals surface area contributed by atoms with Crippen LogP contribution >= 0.6 is 15.9 Å². The molecule has 0 atom stereocenters. The maximum absolute atomic E-state index is 11.7. The van der Waals surface area contributed by atoms with E-state index in [0.29, 0.717) is 6.54 Å². The predicted octanol–water partition coefficient (Wildman–Crippen LogP) is 5.42. The summed E-state index contributed by atoms with van der Waals surface area (Å²) in [6.07, 6.45) is 8.19. The largest absolute Gasteiger partial charge is 0.352 e. The van der Waals surface area contributed by atoms with E-state index in [-0.39, 0.29) is 11.3 Å². The molecule has 1 N–H and O–H groups in total. The Bertz CT molecular complexity index is 769. The Kier molecular flexibility index (Phi) is 6.38. The maximum atomic E-state index is 11.7.